The van der Waals surface area contributed by atoms with E-state index in [-0.39, 0.29) is 24.2 Å². The van der Waals surface area contributed by atoms with E-state index in [1.807, 2.05) is 13.8 Å². The van der Waals surface area contributed by atoms with Gasteiger partial charge in [-0.15, -0.1) is 6.42 Å². The summed E-state index contributed by atoms with van der Waals surface area (Å²) < 4.78 is 5.19. The van der Waals surface area contributed by atoms with Crippen molar-refractivity contribution >= 4 is 29.2 Å². The van der Waals surface area contributed by atoms with E-state index in [9.17, 15) is 14.4 Å². The Hall–Kier alpha value is -3.59. The van der Waals surface area contributed by atoms with Gasteiger partial charge in [0.25, 0.3) is 0 Å². The Bertz CT molecular complexity index is 925. The molecule has 6 nitrogen and oxygen atoms in total. The molecule has 2 N–H and O–H groups in total. The fourth-order valence-corrected chi connectivity index (χ4v) is 2.61. The van der Waals surface area contributed by atoms with Crippen molar-refractivity contribution in [2.45, 2.75) is 33.8 Å². The lowest BCUT2D eigenvalue weighted by Gasteiger charge is -2.13. The molecule has 0 aromatic heterocycles. The number of hydrogen-bond acceptors (Lipinski definition) is 4. The molecule has 2 aromatic rings. The first-order valence-electron chi connectivity index (χ1n) is 9.71. The molecule has 2 aromatic carbocycles. The molecule has 0 fully saturated rings. The summed E-state index contributed by atoms with van der Waals surface area (Å²) in [6.45, 7) is 5.57. The summed E-state index contributed by atoms with van der Waals surface area (Å²) in [6, 6.07) is 13.7. The number of carbonyl (C=O) groups is 3. The van der Waals surface area contributed by atoms with Crippen LogP contribution >= 0.6 is 0 Å². The summed E-state index contributed by atoms with van der Waals surface area (Å²) >= 11 is 0. The Morgan fingerprint density at radius 1 is 0.933 bits per heavy atom. The van der Waals surface area contributed by atoms with Gasteiger partial charge in [0.15, 0.2) is 0 Å². The topological polar surface area (TPSA) is 84.5 Å². The molecular weight excluding hydrogens is 380 g/mol. The van der Waals surface area contributed by atoms with E-state index in [1.165, 1.54) is 0 Å². The van der Waals surface area contributed by atoms with Crippen molar-refractivity contribution in [3.63, 3.8) is 0 Å². The first-order valence-corrected chi connectivity index (χ1v) is 9.71. The largest absolute Gasteiger partial charge is 0.444 e. The first-order chi connectivity index (χ1) is 14.3. The number of ketones is 1. The molecule has 6 heteroatoms. The molecule has 156 valence electrons. The number of anilines is 2. The van der Waals surface area contributed by atoms with E-state index in [1.54, 1.807) is 55.5 Å². The van der Waals surface area contributed by atoms with Crippen molar-refractivity contribution in [3.8, 4) is 12.3 Å². The summed E-state index contributed by atoms with van der Waals surface area (Å²) in [4.78, 5) is 36.2. The highest BCUT2D eigenvalue weighted by atomic mass is 16.5. The zero-order valence-electron chi connectivity index (χ0n) is 17.4. The van der Waals surface area contributed by atoms with E-state index in [0.717, 1.165) is 11.1 Å². The van der Waals surface area contributed by atoms with E-state index >= 15 is 0 Å². The molecule has 0 spiro atoms. The maximum atomic E-state index is 12.2. The van der Waals surface area contributed by atoms with Crippen LogP contribution in [0.5, 0.6) is 0 Å². The summed E-state index contributed by atoms with van der Waals surface area (Å²) in [5, 5.41) is 5.35. The zero-order valence-corrected chi connectivity index (χ0v) is 17.4. The van der Waals surface area contributed by atoms with Crippen LogP contribution in [0.3, 0.4) is 0 Å². The van der Waals surface area contributed by atoms with Crippen LogP contribution < -0.4 is 10.6 Å². The molecule has 2 rings (SSSR count). The first kappa shape index (κ1) is 22.7. The van der Waals surface area contributed by atoms with Gasteiger partial charge in [0.05, 0.1) is 5.92 Å². The lowest BCUT2D eigenvalue weighted by atomic mass is 9.97. The van der Waals surface area contributed by atoms with E-state index in [0.29, 0.717) is 17.8 Å². The minimum absolute atomic E-state index is 0.0752. The van der Waals surface area contributed by atoms with Gasteiger partial charge in [-0.25, -0.2) is 4.79 Å². The van der Waals surface area contributed by atoms with E-state index < -0.39 is 12.0 Å². The Morgan fingerprint density at radius 2 is 1.50 bits per heavy atom. The third-order valence-electron chi connectivity index (χ3n) is 4.38. The normalized spacial score (nSPS) is 11.3. The molecule has 0 aliphatic heterocycles. The number of Topliss-reactive ketones (excluding diaryl/α,β-unsaturated/α-hetero) is 1. The molecule has 0 aliphatic carbocycles. The number of amides is 2. The minimum atomic E-state index is -0.700. The average Bonchev–Trinajstić information content (AvgIpc) is 2.72. The van der Waals surface area contributed by atoms with Crippen molar-refractivity contribution in [1.29, 1.82) is 0 Å². The zero-order chi connectivity index (χ0) is 22.1. The molecule has 0 radical (unpaired) electrons. The van der Waals surface area contributed by atoms with Crippen LogP contribution in [-0.2, 0) is 20.9 Å². The second kappa shape index (κ2) is 10.8. The van der Waals surface area contributed by atoms with Crippen LogP contribution in [0, 0.1) is 24.2 Å². The quantitative estimate of drug-likeness (QED) is 0.495. The number of benzene rings is 2. The molecule has 2 amide bonds. The molecule has 0 saturated carbocycles. The van der Waals surface area contributed by atoms with Gasteiger partial charge in [0.1, 0.15) is 12.4 Å². The summed E-state index contributed by atoms with van der Waals surface area (Å²) in [5.74, 6) is 1.61. The van der Waals surface area contributed by atoms with Crippen molar-refractivity contribution in [1.82, 2.24) is 0 Å². The van der Waals surface area contributed by atoms with Crippen LogP contribution in [0.15, 0.2) is 48.5 Å². The van der Waals surface area contributed by atoms with Gasteiger partial charge in [-0.1, -0.05) is 31.9 Å². The second-order valence-corrected chi connectivity index (χ2v) is 7.39. The van der Waals surface area contributed by atoms with Gasteiger partial charge in [0.2, 0.25) is 5.91 Å². The number of terminal acetylenes is 1. The van der Waals surface area contributed by atoms with Crippen LogP contribution in [-0.4, -0.2) is 17.8 Å². The van der Waals surface area contributed by atoms with Gasteiger partial charge in [-0.2, -0.15) is 0 Å². The fourth-order valence-electron chi connectivity index (χ4n) is 2.61. The van der Waals surface area contributed by atoms with E-state index in [2.05, 4.69) is 16.6 Å². The number of ether oxygens (including phenoxy) is 1. The van der Waals surface area contributed by atoms with Crippen molar-refractivity contribution in [2.24, 2.45) is 11.8 Å². The van der Waals surface area contributed by atoms with Gasteiger partial charge < -0.3 is 10.1 Å². The Morgan fingerprint density at radius 3 is 2.07 bits per heavy atom. The van der Waals surface area contributed by atoms with Crippen molar-refractivity contribution < 1.29 is 19.1 Å². The molecule has 30 heavy (non-hydrogen) atoms. The summed E-state index contributed by atoms with van der Waals surface area (Å²) in [5.41, 5.74) is 2.64. The predicted molar refractivity (Wildman–Crippen MR) is 117 cm³/mol. The highest BCUT2D eigenvalue weighted by Gasteiger charge is 2.21. The average molecular weight is 406 g/mol. The molecular formula is C24H26N2O4. The Kier molecular flexibility index (Phi) is 8.18. The number of carbonyl (C=O) groups excluding carboxylic acids is 3. The highest BCUT2D eigenvalue weighted by molar-refractivity contribution is 6.06. The lowest BCUT2D eigenvalue weighted by Crippen LogP contribution is -2.28. The molecule has 0 heterocycles. The van der Waals surface area contributed by atoms with Gasteiger partial charge >= 0.3 is 6.09 Å². The Balaban J connectivity index is 1.82. The summed E-state index contributed by atoms with van der Waals surface area (Å²) in [6.07, 6.45) is 5.09. The lowest BCUT2D eigenvalue weighted by molar-refractivity contribution is -0.130. The van der Waals surface area contributed by atoms with Gasteiger partial charge in [-0.05, 0) is 54.8 Å². The second-order valence-electron chi connectivity index (χ2n) is 7.39. The standard InChI is InChI=1S/C24H26N2O4/c1-5-18-6-10-21(11-7-18)26-24(29)30-15-19-8-12-20(13-9-19)25-23(28)17(4)22(27)14-16(2)3/h1,6-13,16-17H,14-15H2,2-4H3,(H,25,28)(H,26,29). The third-order valence-corrected chi connectivity index (χ3v) is 4.38. The van der Waals surface area contributed by atoms with Crippen LogP contribution in [0.25, 0.3) is 0 Å². The number of nitrogens with one attached hydrogen (secondary N) is 2. The van der Waals surface area contributed by atoms with E-state index in [4.69, 9.17) is 11.2 Å². The van der Waals surface area contributed by atoms with Crippen LogP contribution in [0.2, 0.25) is 0 Å². The monoisotopic (exact) mass is 406 g/mol. The molecule has 1 atom stereocenters. The molecule has 0 saturated heterocycles. The maximum absolute atomic E-state index is 12.2. The SMILES string of the molecule is C#Cc1ccc(NC(=O)OCc2ccc(NC(=O)C(C)C(=O)CC(C)C)cc2)cc1. The molecule has 0 aliphatic rings. The summed E-state index contributed by atoms with van der Waals surface area (Å²) in [7, 11) is 0. The Labute approximate surface area is 177 Å². The van der Waals surface area contributed by atoms with Crippen LogP contribution in [0.1, 0.15) is 38.3 Å². The number of hydrogen-bond donors (Lipinski definition) is 2. The predicted octanol–water partition coefficient (Wildman–Crippen LogP) is 4.61. The smallest absolute Gasteiger partial charge is 0.411 e. The minimum Gasteiger partial charge on any atom is -0.444 e. The maximum Gasteiger partial charge on any atom is 0.411 e. The third kappa shape index (κ3) is 7.10. The van der Waals surface area contributed by atoms with Crippen molar-refractivity contribution in [3.05, 3.63) is 59.7 Å². The number of rotatable bonds is 8. The van der Waals surface area contributed by atoms with Crippen LogP contribution in [0.4, 0.5) is 16.2 Å². The van der Waals surface area contributed by atoms with Gasteiger partial charge in [-0.3, -0.25) is 14.9 Å². The highest BCUT2D eigenvalue weighted by Crippen LogP contribution is 2.15. The molecule has 1 unspecified atom stereocenters. The molecule has 0 bridgehead atoms. The van der Waals surface area contributed by atoms with Crippen molar-refractivity contribution in [2.75, 3.05) is 10.6 Å². The van der Waals surface area contributed by atoms with Gasteiger partial charge in [0, 0.05) is 23.4 Å². The fraction of sp³-hybridized carbons (Fsp3) is 0.292.